The van der Waals surface area contributed by atoms with E-state index in [0.717, 1.165) is 46.7 Å². The van der Waals surface area contributed by atoms with E-state index in [1.54, 1.807) is 6.33 Å². The molecular formula is C35H48N6O6. The predicted octanol–water partition coefficient (Wildman–Crippen LogP) is 4.58. The van der Waals surface area contributed by atoms with E-state index in [9.17, 15) is 9.59 Å². The molecule has 3 heterocycles. The van der Waals surface area contributed by atoms with Gasteiger partial charge in [-0.3, -0.25) is 14.7 Å². The van der Waals surface area contributed by atoms with E-state index in [1.165, 1.54) is 25.7 Å². The molecule has 0 unspecified atom stereocenters. The number of carbonyl (C=O) groups excluding carboxylic acids is 2. The lowest BCUT2D eigenvalue weighted by molar-refractivity contribution is -0.132. The van der Waals surface area contributed by atoms with Gasteiger partial charge in [0.25, 0.3) is 0 Å². The topological polar surface area (TPSA) is 132 Å². The Morgan fingerprint density at radius 1 is 0.894 bits per heavy atom. The van der Waals surface area contributed by atoms with Crippen LogP contribution in [0.4, 0.5) is 5.82 Å². The number of benzene rings is 1. The quantitative estimate of drug-likeness (QED) is 0.196. The molecule has 1 amide bonds. The third kappa shape index (κ3) is 9.48. The summed E-state index contributed by atoms with van der Waals surface area (Å²) >= 11 is 0. The number of hydrogen-bond acceptors (Lipinski definition) is 10. The van der Waals surface area contributed by atoms with Gasteiger partial charge in [0.1, 0.15) is 35.0 Å². The van der Waals surface area contributed by atoms with Gasteiger partial charge in [0.05, 0.1) is 57.3 Å². The minimum Gasteiger partial charge on any atom is -0.488 e. The molecule has 254 valence electrons. The van der Waals surface area contributed by atoms with Crippen molar-refractivity contribution in [2.24, 2.45) is 5.92 Å². The highest BCUT2D eigenvalue weighted by Crippen LogP contribution is 2.40. The normalized spacial score (nSPS) is 17.8. The second-order valence-electron chi connectivity index (χ2n) is 13.2. The lowest BCUT2D eigenvalue weighted by atomic mass is 10.00. The fourth-order valence-electron chi connectivity index (χ4n) is 6.33. The SMILES string of the molecule is CC1(Oc2ccc3[nH]nc(-c4cc(N5CCN(C(=O)CCOCCOCCOCCC(=O)CC6CCCC6)CC5)ncn4)c3c2)CC1. The summed E-state index contributed by atoms with van der Waals surface area (Å²) in [5, 5.41) is 8.62. The number of Topliss-reactive ketones (excluding diaryl/α,β-unsaturated/α-hetero) is 1. The smallest absolute Gasteiger partial charge is 0.225 e. The summed E-state index contributed by atoms with van der Waals surface area (Å²) in [5.74, 6) is 2.65. The molecule has 3 fully saturated rings. The first-order valence-electron chi connectivity index (χ1n) is 17.2. The summed E-state index contributed by atoms with van der Waals surface area (Å²) in [5.41, 5.74) is 2.38. The van der Waals surface area contributed by atoms with Crippen molar-refractivity contribution in [2.75, 3.05) is 70.7 Å². The molecule has 1 N–H and O–H groups in total. The van der Waals surface area contributed by atoms with Gasteiger partial charge in [0, 0.05) is 50.5 Å². The highest BCUT2D eigenvalue weighted by atomic mass is 16.5. The van der Waals surface area contributed by atoms with E-state index in [0.29, 0.717) is 96.8 Å². The Balaban J connectivity index is 0.844. The third-order valence-corrected chi connectivity index (χ3v) is 9.42. The molecule has 0 radical (unpaired) electrons. The van der Waals surface area contributed by atoms with Crippen LogP contribution in [0.25, 0.3) is 22.3 Å². The summed E-state index contributed by atoms with van der Waals surface area (Å²) in [6, 6.07) is 7.96. The molecule has 6 rings (SSSR count). The van der Waals surface area contributed by atoms with Crippen LogP contribution in [-0.2, 0) is 23.8 Å². The van der Waals surface area contributed by atoms with Crippen molar-refractivity contribution in [3.05, 3.63) is 30.6 Å². The molecule has 2 aliphatic carbocycles. The number of ether oxygens (including phenoxy) is 4. The summed E-state index contributed by atoms with van der Waals surface area (Å²) in [6.07, 6.45) is 10.2. The van der Waals surface area contributed by atoms with Gasteiger partial charge in [-0.25, -0.2) is 9.97 Å². The number of carbonyl (C=O) groups is 2. The molecule has 0 bridgehead atoms. The number of H-pyrrole nitrogens is 1. The summed E-state index contributed by atoms with van der Waals surface area (Å²) in [7, 11) is 0. The van der Waals surface area contributed by atoms with Crippen LogP contribution in [0.5, 0.6) is 5.75 Å². The number of piperazine rings is 1. The average molecular weight is 649 g/mol. The molecule has 2 aromatic heterocycles. The number of anilines is 1. The maximum atomic E-state index is 12.8. The zero-order valence-electron chi connectivity index (χ0n) is 27.6. The largest absolute Gasteiger partial charge is 0.488 e. The van der Waals surface area contributed by atoms with Gasteiger partial charge in [-0.05, 0) is 43.9 Å². The predicted molar refractivity (Wildman–Crippen MR) is 177 cm³/mol. The van der Waals surface area contributed by atoms with Crippen LogP contribution in [-0.4, -0.2) is 108 Å². The molecule has 1 saturated heterocycles. The molecule has 47 heavy (non-hydrogen) atoms. The maximum Gasteiger partial charge on any atom is 0.225 e. The molecule has 1 aliphatic heterocycles. The molecule has 3 aliphatic rings. The standard InChI is InChI=1S/C35H48N6O6/c1-35(10-11-35)47-28-6-7-30-29(23-28)34(39-38-30)31-24-32(37-25-36-31)40-12-14-41(15-13-40)33(43)9-17-45-19-21-46-20-18-44-16-8-27(42)22-26-4-2-3-5-26/h6-7,23-26H,2-5,8-22H2,1H3,(H,38,39). The number of amides is 1. The van der Waals surface area contributed by atoms with E-state index in [-0.39, 0.29) is 11.5 Å². The monoisotopic (exact) mass is 648 g/mol. The number of nitrogens with zero attached hydrogens (tertiary/aromatic N) is 5. The van der Waals surface area contributed by atoms with Gasteiger partial charge < -0.3 is 28.7 Å². The number of aromatic amines is 1. The van der Waals surface area contributed by atoms with Crippen LogP contribution >= 0.6 is 0 Å². The van der Waals surface area contributed by atoms with Gasteiger partial charge in [-0.15, -0.1) is 0 Å². The summed E-state index contributed by atoms with van der Waals surface area (Å²) < 4.78 is 22.9. The number of nitrogens with one attached hydrogen (secondary N) is 1. The molecule has 12 nitrogen and oxygen atoms in total. The van der Waals surface area contributed by atoms with Gasteiger partial charge in [-0.2, -0.15) is 5.10 Å². The Bertz CT molecular complexity index is 1480. The van der Waals surface area contributed by atoms with E-state index in [2.05, 4.69) is 32.0 Å². The highest BCUT2D eigenvalue weighted by molar-refractivity contribution is 5.93. The minimum absolute atomic E-state index is 0.0560. The molecular weight excluding hydrogens is 600 g/mol. The maximum absolute atomic E-state index is 12.8. The summed E-state index contributed by atoms with van der Waals surface area (Å²) in [6.45, 7) is 7.37. The van der Waals surface area contributed by atoms with Crippen molar-refractivity contribution >= 4 is 28.4 Å². The van der Waals surface area contributed by atoms with Gasteiger partial charge in [0.15, 0.2) is 0 Å². The molecule has 2 saturated carbocycles. The number of aromatic nitrogens is 4. The van der Waals surface area contributed by atoms with Crippen molar-refractivity contribution in [2.45, 2.75) is 70.3 Å². The van der Waals surface area contributed by atoms with Gasteiger partial charge in [0.2, 0.25) is 5.91 Å². The molecule has 1 aromatic carbocycles. The van der Waals surface area contributed by atoms with Crippen LogP contribution in [0.1, 0.15) is 64.7 Å². The van der Waals surface area contributed by atoms with Crippen LogP contribution in [0.3, 0.4) is 0 Å². The first-order chi connectivity index (χ1) is 23.0. The van der Waals surface area contributed by atoms with Crippen LogP contribution in [0.15, 0.2) is 30.6 Å². The zero-order valence-corrected chi connectivity index (χ0v) is 27.6. The first kappa shape index (κ1) is 33.3. The molecule has 0 spiro atoms. The Hall–Kier alpha value is -3.61. The second-order valence-corrected chi connectivity index (χ2v) is 13.2. The molecule has 3 aromatic rings. The molecule has 12 heteroatoms. The Morgan fingerprint density at radius 3 is 2.32 bits per heavy atom. The van der Waals surface area contributed by atoms with Crippen molar-refractivity contribution in [3.63, 3.8) is 0 Å². The third-order valence-electron chi connectivity index (χ3n) is 9.42. The number of rotatable bonds is 18. The van der Waals surface area contributed by atoms with E-state index in [1.807, 2.05) is 29.2 Å². The summed E-state index contributed by atoms with van der Waals surface area (Å²) in [4.78, 5) is 37.9. The highest BCUT2D eigenvalue weighted by Gasteiger charge is 2.40. The average Bonchev–Trinajstić information content (AvgIpc) is 3.41. The van der Waals surface area contributed by atoms with E-state index >= 15 is 0 Å². The van der Waals surface area contributed by atoms with Crippen LogP contribution in [0.2, 0.25) is 0 Å². The fraction of sp³-hybridized carbons (Fsp3) is 0.629. The molecule has 0 atom stereocenters. The number of ketones is 1. The zero-order chi connectivity index (χ0) is 32.5. The fourth-order valence-corrected chi connectivity index (χ4v) is 6.33. The number of hydrogen-bond donors (Lipinski definition) is 1. The second kappa shape index (κ2) is 16.0. The van der Waals surface area contributed by atoms with Gasteiger partial charge >= 0.3 is 0 Å². The van der Waals surface area contributed by atoms with Crippen molar-refractivity contribution < 1.29 is 28.5 Å². The van der Waals surface area contributed by atoms with Crippen LogP contribution < -0.4 is 9.64 Å². The Morgan fingerprint density at radius 2 is 1.60 bits per heavy atom. The Kier molecular flexibility index (Phi) is 11.3. The lowest BCUT2D eigenvalue weighted by Crippen LogP contribution is -2.49. The van der Waals surface area contributed by atoms with Crippen LogP contribution in [0, 0.1) is 5.92 Å². The van der Waals surface area contributed by atoms with Gasteiger partial charge in [-0.1, -0.05) is 25.7 Å². The van der Waals surface area contributed by atoms with E-state index < -0.39 is 0 Å². The minimum atomic E-state index is -0.0560. The number of fused-ring (bicyclic) bond motifs is 1. The van der Waals surface area contributed by atoms with Crippen molar-refractivity contribution in [3.8, 4) is 17.1 Å². The van der Waals surface area contributed by atoms with Crippen molar-refractivity contribution in [1.82, 2.24) is 25.1 Å². The first-order valence-corrected chi connectivity index (χ1v) is 17.2. The van der Waals surface area contributed by atoms with E-state index in [4.69, 9.17) is 18.9 Å². The Labute approximate surface area is 276 Å². The lowest BCUT2D eigenvalue weighted by Gasteiger charge is -2.35. The van der Waals surface area contributed by atoms with Crippen molar-refractivity contribution in [1.29, 1.82) is 0 Å².